The summed E-state index contributed by atoms with van der Waals surface area (Å²) in [6.45, 7) is 2.66. The van der Waals surface area contributed by atoms with Crippen LogP contribution in [0, 0.1) is 6.92 Å². The molecule has 18 heavy (non-hydrogen) atoms. The number of hydrogen-bond donors (Lipinski definition) is 1. The topological polar surface area (TPSA) is 62.4 Å². The van der Waals surface area contributed by atoms with E-state index in [2.05, 4.69) is 4.98 Å². The zero-order valence-corrected chi connectivity index (χ0v) is 10.7. The zero-order chi connectivity index (χ0) is 13.1. The second-order valence-corrected chi connectivity index (χ2v) is 4.63. The molecule has 0 aromatic carbocycles. The van der Waals surface area contributed by atoms with E-state index in [1.807, 2.05) is 6.92 Å². The van der Waals surface area contributed by atoms with Crippen molar-refractivity contribution in [2.75, 3.05) is 20.3 Å². The summed E-state index contributed by atoms with van der Waals surface area (Å²) in [5, 5.41) is 0. The SMILES string of the molecule is COCC(=O)N1CCCC1c1cc(=O)cc(C)[nH]1. The molecule has 1 aliphatic rings. The van der Waals surface area contributed by atoms with E-state index in [9.17, 15) is 9.59 Å². The molecule has 0 spiro atoms. The monoisotopic (exact) mass is 250 g/mol. The van der Waals surface area contributed by atoms with Gasteiger partial charge in [-0.05, 0) is 19.8 Å². The van der Waals surface area contributed by atoms with Gasteiger partial charge in [-0.3, -0.25) is 9.59 Å². The van der Waals surface area contributed by atoms with Gasteiger partial charge in [-0.1, -0.05) is 0 Å². The molecule has 1 amide bonds. The quantitative estimate of drug-likeness (QED) is 0.870. The Labute approximate surface area is 106 Å². The van der Waals surface area contributed by atoms with E-state index in [0.29, 0.717) is 0 Å². The van der Waals surface area contributed by atoms with Gasteiger partial charge in [0.2, 0.25) is 5.91 Å². The summed E-state index contributed by atoms with van der Waals surface area (Å²) in [5.41, 5.74) is 1.62. The molecule has 1 aliphatic heterocycles. The number of hydrogen-bond acceptors (Lipinski definition) is 3. The lowest BCUT2D eigenvalue weighted by Gasteiger charge is -2.24. The average Bonchev–Trinajstić information content (AvgIpc) is 2.76. The largest absolute Gasteiger partial charge is 0.375 e. The number of nitrogens with zero attached hydrogens (tertiary/aromatic N) is 1. The van der Waals surface area contributed by atoms with Crippen molar-refractivity contribution < 1.29 is 9.53 Å². The van der Waals surface area contributed by atoms with Crippen LogP contribution in [-0.4, -0.2) is 36.1 Å². The molecular weight excluding hydrogens is 232 g/mol. The molecule has 98 valence electrons. The highest BCUT2D eigenvalue weighted by Crippen LogP contribution is 2.30. The number of rotatable bonds is 3. The van der Waals surface area contributed by atoms with E-state index in [4.69, 9.17) is 4.74 Å². The summed E-state index contributed by atoms with van der Waals surface area (Å²) < 4.78 is 4.88. The normalized spacial score (nSPS) is 19.2. The van der Waals surface area contributed by atoms with Crippen molar-refractivity contribution in [3.63, 3.8) is 0 Å². The van der Waals surface area contributed by atoms with Gasteiger partial charge >= 0.3 is 0 Å². The molecule has 0 saturated carbocycles. The number of carbonyl (C=O) groups excluding carboxylic acids is 1. The van der Waals surface area contributed by atoms with E-state index in [0.717, 1.165) is 30.8 Å². The maximum atomic E-state index is 11.9. The van der Waals surface area contributed by atoms with Crippen LogP contribution < -0.4 is 5.43 Å². The van der Waals surface area contributed by atoms with Gasteiger partial charge in [0, 0.05) is 37.2 Å². The Morgan fingerprint density at radius 2 is 2.33 bits per heavy atom. The van der Waals surface area contributed by atoms with Gasteiger partial charge < -0.3 is 14.6 Å². The minimum absolute atomic E-state index is 0.0210. The van der Waals surface area contributed by atoms with Crippen molar-refractivity contribution in [1.29, 1.82) is 0 Å². The van der Waals surface area contributed by atoms with Gasteiger partial charge in [-0.15, -0.1) is 0 Å². The smallest absolute Gasteiger partial charge is 0.249 e. The fraction of sp³-hybridized carbons (Fsp3) is 0.538. The van der Waals surface area contributed by atoms with Crippen molar-refractivity contribution in [3.8, 4) is 0 Å². The first-order valence-electron chi connectivity index (χ1n) is 6.11. The Hall–Kier alpha value is -1.62. The standard InChI is InChI=1S/C13H18N2O3/c1-9-6-10(16)7-11(14-9)12-4-3-5-15(12)13(17)8-18-2/h6-7,12H,3-5,8H2,1-2H3,(H,14,16). The number of H-pyrrole nitrogens is 1. The summed E-state index contributed by atoms with van der Waals surface area (Å²) in [4.78, 5) is 28.4. The number of methoxy groups -OCH3 is 1. The molecule has 1 aromatic heterocycles. The van der Waals surface area contributed by atoms with Gasteiger partial charge in [-0.2, -0.15) is 0 Å². The lowest BCUT2D eigenvalue weighted by Crippen LogP contribution is -2.34. The zero-order valence-electron chi connectivity index (χ0n) is 10.7. The molecule has 1 fully saturated rings. The number of amides is 1. The van der Waals surface area contributed by atoms with Gasteiger partial charge in [0.25, 0.3) is 0 Å². The lowest BCUT2D eigenvalue weighted by molar-refractivity contribution is -0.136. The van der Waals surface area contributed by atoms with E-state index < -0.39 is 0 Å². The molecule has 0 radical (unpaired) electrons. The number of ether oxygens (including phenoxy) is 1. The van der Waals surface area contributed by atoms with Crippen LogP contribution >= 0.6 is 0 Å². The highest BCUT2D eigenvalue weighted by molar-refractivity contribution is 5.78. The fourth-order valence-electron chi connectivity index (χ4n) is 2.48. The molecule has 1 atom stereocenters. The summed E-state index contributed by atoms with van der Waals surface area (Å²) in [6.07, 6.45) is 1.84. The highest BCUT2D eigenvalue weighted by atomic mass is 16.5. The molecule has 5 heteroatoms. The second-order valence-electron chi connectivity index (χ2n) is 4.63. The van der Waals surface area contributed by atoms with Crippen molar-refractivity contribution in [2.45, 2.75) is 25.8 Å². The number of pyridine rings is 1. The Kier molecular flexibility index (Phi) is 3.81. The number of likely N-dealkylation sites (tertiary alicyclic amines) is 1. The van der Waals surface area contributed by atoms with Crippen LogP contribution in [0.15, 0.2) is 16.9 Å². The Balaban J connectivity index is 2.25. The number of aromatic amines is 1. The number of aromatic nitrogens is 1. The molecule has 5 nitrogen and oxygen atoms in total. The van der Waals surface area contributed by atoms with Crippen LogP contribution in [0.25, 0.3) is 0 Å². The van der Waals surface area contributed by atoms with Crippen molar-refractivity contribution in [2.24, 2.45) is 0 Å². The maximum absolute atomic E-state index is 11.9. The number of carbonyl (C=O) groups is 1. The molecule has 1 N–H and O–H groups in total. The molecule has 1 unspecified atom stereocenters. The third kappa shape index (κ3) is 2.61. The fourth-order valence-corrected chi connectivity index (χ4v) is 2.48. The van der Waals surface area contributed by atoms with Crippen LogP contribution in [0.3, 0.4) is 0 Å². The van der Waals surface area contributed by atoms with Gasteiger partial charge in [-0.25, -0.2) is 0 Å². The van der Waals surface area contributed by atoms with Crippen LogP contribution in [0.1, 0.15) is 30.3 Å². The Morgan fingerprint density at radius 3 is 3.00 bits per heavy atom. The van der Waals surface area contributed by atoms with Crippen LogP contribution in [0.5, 0.6) is 0 Å². The van der Waals surface area contributed by atoms with Gasteiger partial charge in [0.1, 0.15) is 6.61 Å². The first-order valence-corrected chi connectivity index (χ1v) is 6.11. The minimum atomic E-state index is -0.0275. The van der Waals surface area contributed by atoms with Crippen molar-refractivity contribution in [1.82, 2.24) is 9.88 Å². The van der Waals surface area contributed by atoms with Crippen molar-refractivity contribution >= 4 is 5.91 Å². The molecule has 1 saturated heterocycles. The summed E-state index contributed by atoms with van der Waals surface area (Å²) in [6, 6.07) is 3.11. The number of nitrogens with one attached hydrogen (secondary N) is 1. The van der Waals surface area contributed by atoms with Crippen LogP contribution in [-0.2, 0) is 9.53 Å². The molecular formula is C13H18N2O3. The van der Waals surface area contributed by atoms with Crippen molar-refractivity contribution in [3.05, 3.63) is 33.7 Å². The van der Waals surface area contributed by atoms with Crippen LogP contribution in [0.2, 0.25) is 0 Å². The van der Waals surface area contributed by atoms with Gasteiger partial charge in [0.05, 0.1) is 6.04 Å². The van der Waals surface area contributed by atoms with E-state index in [1.165, 1.54) is 7.11 Å². The molecule has 0 aliphatic carbocycles. The number of aryl methyl sites for hydroxylation is 1. The predicted octanol–water partition coefficient (Wildman–Crippen LogP) is 0.993. The summed E-state index contributed by atoms with van der Waals surface area (Å²) >= 11 is 0. The average molecular weight is 250 g/mol. The summed E-state index contributed by atoms with van der Waals surface area (Å²) in [5.74, 6) is -0.0256. The summed E-state index contributed by atoms with van der Waals surface area (Å²) in [7, 11) is 1.51. The Morgan fingerprint density at radius 1 is 1.56 bits per heavy atom. The van der Waals surface area contributed by atoms with Gasteiger partial charge in [0.15, 0.2) is 5.43 Å². The second kappa shape index (κ2) is 5.35. The first-order chi connectivity index (χ1) is 8.61. The Bertz CT molecular complexity index is 495. The van der Waals surface area contributed by atoms with E-state index in [1.54, 1.807) is 17.0 Å². The molecule has 2 heterocycles. The lowest BCUT2D eigenvalue weighted by atomic mass is 10.1. The van der Waals surface area contributed by atoms with E-state index in [-0.39, 0.29) is 24.0 Å². The minimum Gasteiger partial charge on any atom is -0.375 e. The third-order valence-corrected chi connectivity index (χ3v) is 3.20. The maximum Gasteiger partial charge on any atom is 0.249 e. The highest BCUT2D eigenvalue weighted by Gasteiger charge is 2.30. The first kappa shape index (κ1) is 12.8. The third-order valence-electron chi connectivity index (χ3n) is 3.20. The molecule has 2 rings (SSSR count). The van der Waals surface area contributed by atoms with Crippen LogP contribution in [0.4, 0.5) is 0 Å². The predicted molar refractivity (Wildman–Crippen MR) is 67.4 cm³/mol. The van der Waals surface area contributed by atoms with E-state index >= 15 is 0 Å². The molecule has 1 aromatic rings. The molecule has 0 bridgehead atoms.